The van der Waals surface area contributed by atoms with Gasteiger partial charge in [-0.25, -0.2) is 15.8 Å². The number of hydrazine groups is 2. The topological polar surface area (TPSA) is 98.3 Å². The van der Waals surface area contributed by atoms with Crippen molar-refractivity contribution in [2.75, 3.05) is 20.2 Å². The average Bonchev–Trinajstić information content (AvgIpc) is 3.11. The number of aliphatic imine (C=N–C) groups is 1. The van der Waals surface area contributed by atoms with Crippen LogP contribution in [0.4, 0.5) is 0 Å². The lowest BCUT2D eigenvalue weighted by molar-refractivity contribution is -0.141. The molecule has 1 unspecified atom stereocenters. The summed E-state index contributed by atoms with van der Waals surface area (Å²) in [5.74, 6) is 0.00955. The molecule has 0 aliphatic carbocycles. The zero-order valence-corrected chi connectivity index (χ0v) is 12.9. The Morgan fingerprint density at radius 3 is 3.13 bits per heavy atom. The van der Waals surface area contributed by atoms with E-state index in [0.29, 0.717) is 23.6 Å². The fraction of sp³-hybridized carbons (Fsp3) is 0.357. The molecule has 0 aromatic heterocycles. The number of carbonyl (C=O) groups excluding carboxylic acids is 2. The van der Waals surface area contributed by atoms with E-state index in [-0.39, 0.29) is 24.5 Å². The highest BCUT2D eigenvalue weighted by molar-refractivity contribution is 5.96. The molecular formula is C14H18N6O3. The van der Waals surface area contributed by atoms with E-state index in [1.165, 1.54) is 7.11 Å². The van der Waals surface area contributed by atoms with Gasteiger partial charge in [-0.15, -0.1) is 0 Å². The normalized spacial score (nSPS) is 22.3. The maximum Gasteiger partial charge on any atom is 0.326 e. The number of allylic oxidation sites excluding steroid dienone is 1. The van der Waals surface area contributed by atoms with Crippen LogP contribution in [0.2, 0.25) is 0 Å². The number of carbonyl (C=O) groups is 2. The van der Waals surface area contributed by atoms with Gasteiger partial charge in [0.2, 0.25) is 0 Å². The summed E-state index contributed by atoms with van der Waals surface area (Å²) in [5, 5.41) is 6.17. The lowest BCUT2D eigenvalue weighted by Crippen LogP contribution is -2.39. The number of amides is 1. The van der Waals surface area contributed by atoms with Crippen LogP contribution in [0, 0.1) is 0 Å². The molecule has 0 aromatic rings. The van der Waals surface area contributed by atoms with E-state index in [4.69, 9.17) is 0 Å². The molecule has 0 radical (unpaired) electrons. The molecule has 3 aliphatic rings. The average molecular weight is 318 g/mol. The first-order valence-electron chi connectivity index (χ1n) is 7.18. The first-order chi connectivity index (χ1) is 11.1. The van der Waals surface area contributed by atoms with E-state index < -0.39 is 0 Å². The molecular weight excluding hydrogens is 300 g/mol. The van der Waals surface area contributed by atoms with Crippen molar-refractivity contribution in [3.05, 3.63) is 35.6 Å². The molecule has 3 rings (SSSR count). The van der Waals surface area contributed by atoms with Crippen molar-refractivity contribution in [2.24, 2.45) is 4.99 Å². The molecule has 3 heterocycles. The molecule has 0 saturated carbocycles. The third-order valence-electron chi connectivity index (χ3n) is 3.62. The SMILES string of the molecule is COC(=O)CN1C=C(NC(=O)C2=C3N=CC=CN3NC2)C(C)N1. The number of fused-ring (bicyclic) bond motifs is 1. The van der Waals surface area contributed by atoms with Gasteiger partial charge in [0.1, 0.15) is 6.54 Å². The predicted molar refractivity (Wildman–Crippen MR) is 82.0 cm³/mol. The van der Waals surface area contributed by atoms with Gasteiger partial charge >= 0.3 is 5.97 Å². The maximum atomic E-state index is 12.5. The maximum absolute atomic E-state index is 12.5. The van der Waals surface area contributed by atoms with Crippen LogP contribution < -0.4 is 16.2 Å². The van der Waals surface area contributed by atoms with Crippen LogP contribution in [-0.2, 0) is 14.3 Å². The summed E-state index contributed by atoms with van der Waals surface area (Å²) >= 11 is 0. The minimum absolute atomic E-state index is 0.0680. The highest BCUT2D eigenvalue weighted by Crippen LogP contribution is 2.20. The van der Waals surface area contributed by atoms with Crippen LogP contribution >= 0.6 is 0 Å². The quantitative estimate of drug-likeness (QED) is 0.569. The molecule has 0 saturated heterocycles. The van der Waals surface area contributed by atoms with Gasteiger partial charge in [-0.2, -0.15) is 0 Å². The van der Waals surface area contributed by atoms with E-state index in [2.05, 4.69) is 25.9 Å². The fourth-order valence-electron chi connectivity index (χ4n) is 2.42. The number of hydrogen-bond donors (Lipinski definition) is 3. The molecule has 9 nitrogen and oxygen atoms in total. The van der Waals surface area contributed by atoms with Gasteiger partial charge in [0.05, 0.1) is 24.4 Å². The van der Waals surface area contributed by atoms with Gasteiger partial charge in [0.25, 0.3) is 5.91 Å². The first kappa shape index (κ1) is 15.3. The van der Waals surface area contributed by atoms with Crippen molar-refractivity contribution in [3.63, 3.8) is 0 Å². The summed E-state index contributed by atoms with van der Waals surface area (Å²) < 4.78 is 4.62. The number of methoxy groups -OCH3 is 1. The Hall–Kier alpha value is -2.65. The smallest absolute Gasteiger partial charge is 0.326 e. The first-order valence-corrected chi connectivity index (χ1v) is 7.18. The number of nitrogens with zero attached hydrogens (tertiary/aromatic N) is 3. The molecule has 1 amide bonds. The Balaban J connectivity index is 1.68. The molecule has 0 aromatic carbocycles. The lowest BCUT2D eigenvalue weighted by Gasteiger charge is -2.16. The number of ether oxygens (including phenoxy) is 1. The molecule has 3 N–H and O–H groups in total. The van der Waals surface area contributed by atoms with E-state index in [0.717, 1.165) is 0 Å². The van der Waals surface area contributed by atoms with E-state index in [1.807, 2.05) is 6.92 Å². The standard InChI is InChI=1S/C14H18N6O3/c1-9-11(7-19(18-9)8-12(21)23-2)17-14(22)10-6-16-20-5-3-4-15-13(10)20/h3-5,7,9,16,18H,6,8H2,1-2H3,(H,17,22). The Bertz CT molecular complexity index is 651. The molecule has 3 aliphatic heterocycles. The van der Waals surface area contributed by atoms with Crippen molar-refractivity contribution in [1.29, 1.82) is 0 Å². The van der Waals surface area contributed by atoms with Crippen molar-refractivity contribution < 1.29 is 14.3 Å². The minimum Gasteiger partial charge on any atom is -0.468 e. The summed E-state index contributed by atoms with van der Waals surface area (Å²) in [4.78, 5) is 28.0. The number of rotatable bonds is 4. The summed E-state index contributed by atoms with van der Waals surface area (Å²) in [7, 11) is 1.33. The third-order valence-corrected chi connectivity index (χ3v) is 3.62. The van der Waals surface area contributed by atoms with Gasteiger partial charge in [0.15, 0.2) is 5.82 Å². The fourth-order valence-corrected chi connectivity index (χ4v) is 2.42. The molecule has 1 atom stereocenters. The highest BCUT2D eigenvalue weighted by atomic mass is 16.5. The molecule has 0 bridgehead atoms. The van der Waals surface area contributed by atoms with Gasteiger partial charge in [-0.3, -0.25) is 14.6 Å². The molecule has 23 heavy (non-hydrogen) atoms. The lowest BCUT2D eigenvalue weighted by atomic mass is 10.2. The molecule has 122 valence electrons. The molecule has 0 spiro atoms. The van der Waals surface area contributed by atoms with Crippen LogP contribution in [0.15, 0.2) is 40.6 Å². The number of hydrogen-bond acceptors (Lipinski definition) is 8. The van der Waals surface area contributed by atoms with Gasteiger partial charge in [-0.05, 0) is 13.0 Å². The second-order valence-electron chi connectivity index (χ2n) is 5.22. The van der Waals surface area contributed by atoms with Crippen LogP contribution in [0.5, 0.6) is 0 Å². The minimum atomic E-state index is -0.363. The van der Waals surface area contributed by atoms with Crippen LogP contribution in [0.1, 0.15) is 6.92 Å². The largest absolute Gasteiger partial charge is 0.468 e. The predicted octanol–water partition coefficient (Wildman–Crippen LogP) is -1.04. The van der Waals surface area contributed by atoms with Gasteiger partial charge < -0.3 is 15.1 Å². The van der Waals surface area contributed by atoms with Gasteiger partial charge in [0, 0.05) is 25.2 Å². The van der Waals surface area contributed by atoms with Crippen molar-refractivity contribution in [2.45, 2.75) is 13.0 Å². The zero-order valence-electron chi connectivity index (χ0n) is 12.9. The Morgan fingerprint density at radius 1 is 1.52 bits per heavy atom. The second kappa shape index (κ2) is 6.23. The summed E-state index contributed by atoms with van der Waals surface area (Å²) in [6.45, 7) is 2.37. The van der Waals surface area contributed by atoms with E-state index in [9.17, 15) is 9.59 Å². The number of esters is 1. The van der Waals surface area contributed by atoms with Crippen LogP contribution in [-0.4, -0.2) is 54.4 Å². The monoisotopic (exact) mass is 318 g/mol. The van der Waals surface area contributed by atoms with Crippen LogP contribution in [0.25, 0.3) is 0 Å². The summed E-state index contributed by atoms with van der Waals surface area (Å²) in [6.07, 6.45) is 6.92. The van der Waals surface area contributed by atoms with Crippen LogP contribution in [0.3, 0.4) is 0 Å². The Labute approximate surface area is 133 Å². The Kier molecular flexibility index (Phi) is 4.13. The van der Waals surface area contributed by atoms with E-state index in [1.54, 1.807) is 34.7 Å². The van der Waals surface area contributed by atoms with Crippen molar-refractivity contribution >= 4 is 18.1 Å². The number of nitrogens with one attached hydrogen (secondary N) is 3. The highest BCUT2D eigenvalue weighted by Gasteiger charge is 2.29. The summed E-state index contributed by atoms with van der Waals surface area (Å²) in [5.41, 5.74) is 7.36. The van der Waals surface area contributed by atoms with Crippen molar-refractivity contribution in [1.82, 2.24) is 26.2 Å². The van der Waals surface area contributed by atoms with E-state index >= 15 is 0 Å². The molecule has 9 heteroatoms. The zero-order chi connectivity index (χ0) is 16.4. The summed E-state index contributed by atoms with van der Waals surface area (Å²) in [6, 6.07) is -0.116. The van der Waals surface area contributed by atoms with Crippen molar-refractivity contribution in [3.8, 4) is 0 Å². The molecule has 0 fully saturated rings. The second-order valence-corrected chi connectivity index (χ2v) is 5.22. The third kappa shape index (κ3) is 3.10. The Morgan fingerprint density at radius 2 is 2.35 bits per heavy atom. The van der Waals surface area contributed by atoms with Gasteiger partial charge in [-0.1, -0.05) is 0 Å².